The first-order valence-corrected chi connectivity index (χ1v) is 10.9. The van der Waals surface area contributed by atoms with Crippen molar-refractivity contribution in [3.8, 4) is 23.1 Å². The molecule has 3 aromatic rings. The molecule has 1 aromatic heterocycles. The van der Waals surface area contributed by atoms with E-state index in [-0.39, 0.29) is 16.5 Å². The SMILES string of the molecule is CCOc1ccc(NC(=O)CSc2nc(-c3ccc(C)cc3)cc(C(F)(F)F)c2C#N)cc1. The average Bonchev–Trinajstić information content (AvgIpc) is 2.78. The van der Waals surface area contributed by atoms with Gasteiger partial charge < -0.3 is 10.1 Å². The molecular formula is C24H20F3N3O2S. The molecule has 0 saturated carbocycles. The van der Waals surface area contributed by atoms with Crippen molar-refractivity contribution < 1.29 is 22.7 Å². The molecule has 0 atom stereocenters. The van der Waals surface area contributed by atoms with Gasteiger partial charge in [0.1, 0.15) is 16.8 Å². The van der Waals surface area contributed by atoms with Crippen LogP contribution < -0.4 is 10.1 Å². The Labute approximate surface area is 193 Å². The van der Waals surface area contributed by atoms with Gasteiger partial charge in [-0.1, -0.05) is 41.6 Å². The number of carbonyl (C=O) groups excluding carboxylic acids is 1. The summed E-state index contributed by atoms with van der Waals surface area (Å²) in [5, 5.41) is 11.9. The summed E-state index contributed by atoms with van der Waals surface area (Å²) >= 11 is 0.782. The molecule has 9 heteroatoms. The molecule has 2 aromatic carbocycles. The predicted molar refractivity (Wildman–Crippen MR) is 121 cm³/mol. The maximum absolute atomic E-state index is 13.7. The third kappa shape index (κ3) is 6.26. The summed E-state index contributed by atoms with van der Waals surface area (Å²) in [5.74, 6) is -0.00623. The molecule has 0 aliphatic heterocycles. The first kappa shape index (κ1) is 24.1. The van der Waals surface area contributed by atoms with E-state index in [9.17, 15) is 23.2 Å². The van der Waals surface area contributed by atoms with Gasteiger partial charge in [0.05, 0.1) is 29.2 Å². The highest BCUT2D eigenvalue weighted by atomic mass is 32.2. The topological polar surface area (TPSA) is 75.0 Å². The number of amides is 1. The first-order valence-electron chi connectivity index (χ1n) is 9.96. The van der Waals surface area contributed by atoms with E-state index >= 15 is 0 Å². The fourth-order valence-corrected chi connectivity index (χ4v) is 3.76. The number of pyridine rings is 1. The number of anilines is 1. The van der Waals surface area contributed by atoms with E-state index in [1.165, 1.54) is 0 Å². The Hall–Kier alpha value is -3.51. The van der Waals surface area contributed by atoms with Gasteiger partial charge in [-0.05, 0) is 44.2 Å². The van der Waals surface area contributed by atoms with Crippen LogP contribution in [0.2, 0.25) is 0 Å². The molecule has 0 saturated heterocycles. The molecule has 0 spiro atoms. The highest BCUT2D eigenvalue weighted by Crippen LogP contribution is 2.38. The summed E-state index contributed by atoms with van der Waals surface area (Å²) < 4.78 is 46.4. The van der Waals surface area contributed by atoms with Crippen LogP contribution in [-0.2, 0) is 11.0 Å². The van der Waals surface area contributed by atoms with E-state index in [1.54, 1.807) is 54.6 Å². The van der Waals surface area contributed by atoms with Crippen molar-refractivity contribution in [3.63, 3.8) is 0 Å². The Kier molecular flexibility index (Phi) is 7.61. The number of hydrogen-bond donors (Lipinski definition) is 1. The Balaban J connectivity index is 1.84. The van der Waals surface area contributed by atoms with Gasteiger partial charge in [-0.2, -0.15) is 18.4 Å². The number of rotatable bonds is 7. The van der Waals surface area contributed by atoms with Crippen molar-refractivity contribution in [2.24, 2.45) is 0 Å². The summed E-state index contributed by atoms with van der Waals surface area (Å²) in [5.41, 5.74) is 0.347. The van der Waals surface area contributed by atoms with Crippen LogP contribution in [-0.4, -0.2) is 23.3 Å². The second kappa shape index (κ2) is 10.4. The van der Waals surface area contributed by atoms with Gasteiger partial charge in [-0.15, -0.1) is 0 Å². The number of aryl methyl sites for hydroxylation is 1. The summed E-state index contributed by atoms with van der Waals surface area (Å²) in [6, 6.07) is 16.0. The fourth-order valence-electron chi connectivity index (χ4n) is 2.96. The summed E-state index contributed by atoms with van der Waals surface area (Å²) in [7, 11) is 0. The third-order valence-corrected chi connectivity index (χ3v) is 5.52. The zero-order chi connectivity index (χ0) is 24.0. The Bertz CT molecular complexity index is 1170. The van der Waals surface area contributed by atoms with E-state index in [1.807, 2.05) is 13.8 Å². The molecule has 5 nitrogen and oxygen atoms in total. The molecule has 0 radical (unpaired) electrons. The van der Waals surface area contributed by atoms with Crippen LogP contribution in [0.4, 0.5) is 18.9 Å². The van der Waals surface area contributed by atoms with Gasteiger partial charge in [0.25, 0.3) is 0 Å². The molecule has 0 aliphatic carbocycles. The molecule has 0 bridgehead atoms. The lowest BCUT2D eigenvalue weighted by molar-refractivity contribution is -0.138. The molecular weight excluding hydrogens is 451 g/mol. The molecule has 1 heterocycles. The number of benzene rings is 2. The normalized spacial score (nSPS) is 11.0. The molecule has 33 heavy (non-hydrogen) atoms. The van der Waals surface area contributed by atoms with Gasteiger partial charge in [-0.3, -0.25) is 4.79 Å². The minimum absolute atomic E-state index is 0.0794. The predicted octanol–water partition coefficient (Wildman–Crippen LogP) is 6.08. The number of alkyl halides is 3. The lowest BCUT2D eigenvalue weighted by atomic mass is 10.0. The molecule has 3 rings (SSSR count). The van der Waals surface area contributed by atoms with Crippen molar-refractivity contribution >= 4 is 23.4 Å². The number of thioether (sulfide) groups is 1. The molecule has 170 valence electrons. The molecule has 0 unspecified atom stereocenters. The fraction of sp³-hybridized carbons (Fsp3) is 0.208. The van der Waals surface area contributed by atoms with Crippen LogP contribution in [0.15, 0.2) is 59.6 Å². The van der Waals surface area contributed by atoms with Crippen molar-refractivity contribution in [3.05, 3.63) is 71.3 Å². The summed E-state index contributed by atoms with van der Waals surface area (Å²) in [4.78, 5) is 16.6. The van der Waals surface area contributed by atoms with Crippen molar-refractivity contribution in [1.82, 2.24) is 4.98 Å². The number of carbonyl (C=O) groups is 1. The molecule has 0 fully saturated rings. The quantitative estimate of drug-likeness (QED) is 0.423. The number of nitriles is 1. The van der Waals surface area contributed by atoms with E-state index in [2.05, 4.69) is 10.3 Å². The zero-order valence-electron chi connectivity index (χ0n) is 17.9. The number of halogens is 3. The number of aromatic nitrogens is 1. The van der Waals surface area contributed by atoms with Gasteiger partial charge in [-0.25, -0.2) is 4.98 Å². The highest BCUT2D eigenvalue weighted by Gasteiger charge is 2.36. The maximum Gasteiger partial charge on any atom is 0.417 e. The van der Waals surface area contributed by atoms with Crippen LogP contribution in [0.1, 0.15) is 23.6 Å². The lowest BCUT2D eigenvalue weighted by Crippen LogP contribution is -2.15. The average molecular weight is 472 g/mol. The van der Waals surface area contributed by atoms with Crippen LogP contribution in [0.3, 0.4) is 0 Å². The second-order valence-corrected chi connectivity index (χ2v) is 7.97. The smallest absolute Gasteiger partial charge is 0.417 e. The van der Waals surface area contributed by atoms with Gasteiger partial charge in [0.15, 0.2) is 0 Å². The maximum atomic E-state index is 13.7. The third-order valence-electron chi connectivity index (χ3n) is 4.54. The summed E-state index contributed by atoms with van der Waals surface area (Å²) in [6.07, 6.45) is -4.74. The van der Waals surface area contributed by atoms with E-state index in [4.69, 9.17) is 4.74 Å². The van der Waals surface area contributed by atoms with Crippen molar-refractivity contribution in [2.45, 2.75) is 25.0 Å². The van der Waals surface area contributed by atoms with Gasteiger partial charge >= 0.3 is 6.18 Å². The molecule has 0 aliphatic rings. The van der Waals surface area contributed by atoms with E-state index in [0.29, 0.717) is 23.6 Å². The number of nitrogens with one attached hydrogen (secondary N) is 1. The van der Waals surface area contributed by atoms with Crippen LogP contribution >= 0.6 is 11.8 Å². The Morgan fingerprint density at radius 3 is 2.39 bits per heavy atom. The standard InChI is InChI=1S/C24H20F3N3O2S/c1-3-32-18-10-8-17(9-11-18)29-22(31)14-33-23-19(13-28)20(24(25,26)27)12-21(30-23)16-6-4-15(2)5-7-16/h4-12H,3,14H2,1-2H3,(H,29,31). The van der Waals surface area contributed by atoms with Gasteiger partial charge in [0, 0.05) is 11.3 Å². The molecule has 1 amide bonds. The number of hydrogen-bond acceptors (Lipinski definition) is 5. The Morgan fingerprint density at radius 2 is 1.82 bits per heavy atom. The lowest BCUT2D eigenvalue weighted by Gasteiger charge is -2.14. The van der Waals surface area contributed by atoms with E-state index in [0.717, 1.165) is 23.4 Å². The first-order chi connectivity index (χ1) is 15.7. The minimum Gasteiger partial charge on any atom is -0.494 e. The van der Waals surface area contributed by atoms with Crippen LogP contribution in [0.25, 0.3) is 11.3 Å². The van der Waals surface area contributed by atoms with Crippen molar-refractivity contribution in [2.75, 3.05) is 17.7 Å². The second-order valence-electron chi connectivity index (χ2n) is 7.01. The van der Waals surface area contributed by atoms with Crippen molar-refractivity contribution in [1.29, 1.82) is 5.26 Å². The van der Waals surface area contributed by atoms with Gasteiger partial charge in [0.2, 0.25) is 5.91 Å². The zero-order valence-corrected chi connectivity index (χ0v) is 18.7. The number of ether oxygens (including phenoxy) is 1. The monoisotopic (exact) mass is 471 g/mol. The summed E-state index contributed by atoms with van der Waals surface area (Å²) in [6.45, 7) is 4.23. The minimum atomic E-state index is -4.74. The number of nitrogens with zero attached hydrogens (tertiary/aromatic N) is 2. The highest BCUT2D eigenvalue weighted by molar-refractivity contribution is 8.00. The van der Waals surface area contributed by atoms with Crippen LogP contribution in [0, 0.1) is 18.3 Å². The molecule has 1 N–H and O–H groups in total. The van der Waals surface area contributed by atoms with E-state index < -0.39 is 23.2 Å². The largest absolute Gasteiger partial charge is 0.494 e. The van der Waals surface area contributed by atoms with Crippen LogP contribution in [0.5, 0.6) is 5.75 Å². The Morgan fingerprint density at radius 1 is 1.15 bits per heavy atom.